The fourth-order valence-electron chi connectivity index (χ4n) is 2.95. The van der Waals surface area contributed by atoms with Gasteiger partial charge in [-0.1, -0.05) is 12.5 Å². The number of oxazole rings is 1. The van der Waals surface area contributed by atoms with Crippen LogP contribution in [-0.2, 0) is 6.54 Å². The number of aromatic nitrogens is 1. The van der Waals surface area contributed by atoms with E-state index in [2.05, 4.69) is 5.32 Å². The molecule has 2 heterocycles. The van der Waals surface area contributed by atoms with Gasteiger partial charge in [-0.3, -0.25) is 4.57 Å². The molecule has 2 unspecified atom stereocenters. The number of hydrogen-bond acceptors (Lipinski definition) is 4. The molecule has 0 aliphatic carbocycles. The van der Waals surface area contributed by atoms with Gasteiger partial charge in [-0.25, -0.2) is 4.79 Å². The van der Waals surface area contributed by atoms with Crippen molar-refractivity contribution in [2.45, 2.75) is 44.9 Å². The minimum absolute atomic E-state index is 0.0844. The van der Waals surface area contributed by atoms with Crippen LogP contribution in [0.5, 0.6) is 0 Å². The average Bonchev–Trinajstić information content (AvgIpc) is 2.81. The van der Waals surface area contributed by atoms with E-state index in [0.717, 1.165) is 36.9 Å². The number of rotatable bonds is 3. The first-order valence-electron chi connectivity index (χ1n) is 7.25. The Morgan fingerprint density at radius 1 is 1.50 bits per heavy atom. The second-order valence-electron chi connectivity index (χ2n) is 5.34. The predicted molar refractivity (Wildman–Crippen MR) is 76.7 cm³/mol. The van der Waals surface area contributed by atoms with Crippen molar-refractivity contribution in [2.24, 2.45) is 0 Å². The molecule has 5 nitrogen and oxygen atoms in total. The Hall–Kier alpha value is -1.59. The van der Waals surface area contributed by atoms with Crippen molar-refractivity contribution in [1.29, 1.82) is 0 Å². The van der Waals surface area contributed by atoms with Gasteiger partial charge in [0.05, 0.1) is 11.6 Å². The van der Waals surface area contributed by atoms with Gasteiger partial charge in [0.25, 0.3) is 0 Å². The van der Waals surface area contributed by atoms with Gasteiger partial charge in [0.1, 0.15) is 0 Å². The normalized spacial score (nSPS) is 21.2. The zero-order valence-electron chi connectivity index (χ0n) is 11.6. The van der Waals surface area contributed by atoms with Crippen LogP contribution in [0.3, 0.4) is 0 Å². The molecule has 108 valence electrons. The molecule has 1 aromatic heterocycles. The van der Waals surface area contributed by atoms with Crippen LogP contribution in [0, 0.1) is 0 Å². The molecule has 1 aliphatic heterocycles. The Kier molecular flexibility index (Phi) is 3.63. The van der Waals surface area contributed by atoms with Gasteiger partial charge in [0.2, 0.25) is 0 Å². The highest BCUT2D eigenvalue weighted by molar-refractivity contribution is 5.73. The molecule has 2 N–H and O–H groups in total. The smallest absolute Gasteiger partial charge is 0.408 e. The lowest BCUT2D eigenvalue weighted by Crippen LogP contribution is -2.38. The van der Waals surface area contributed by atoms with E-state index in [1.165, 1.54) is 0 Å². The Labute approximate surface area is 117 Å². The number of aryl methyl sites for hydroxylation is 1. The highest BCUT2D eigenvalue weighted by atomic mass is 16.4. The summed E-state index contributed by atoms with van der Waals surface area (Å²) in [4.78, 5) is 11.7. The molecule has 3 rings (SSSR count). The summed E-state index contributed by atoms with van der Waals surface area (Å²) in [6.45, 7) is 3.44. The summed E-state index contributed by atoms with van der Waals surface area (Å²) >= 11 is 0. The van der Waals surface area contributed by atoms with Crippen LogP contribution in [0.15, 0.2) is 27.4 Å². The lowest BCUT2D eigenvalue weighted by Gasteiger charge is -2.28. The van der Waals surface area contributed by atoms with Crippen LogP contribution in [0.1, 0.15) is 37.9 Å². The van der Waals surface area contributed by atoms with Crippen molar-refractivity contribution in [2.75, 3.05) is 6.54 Å². The van der Waals surface area contributed by atoms with E-state index in [1.54, 1.807) is 10.6 Å². The van der Waals surface area contributed by atoms with Gasteiger partial charge in [0, 0.05) is 12.6 Å². The third-order valence-electron chi connectivity index (χ3n) is 4.08. The van der Waals surface area contributed by atoms with Crippen LogP contribution >= 0.6 is 0 Å². The molecule has 20 heavy (non-hydrogen) atoms. The Bertz CT molecular complexity index is 653. The first kappa shape index (κ1) is 13.4. The topological polar surface area (TPSA) is 67.4 Å². The van der Waals surface area contributed by atoms with E-state index in [9.17, 15) is 9.90 Å². The summed E-state index contributed by atoms with van der Waals surface area (Å²) in [6.07, 6.45) is 2.71. The third kappa shape index (κ3) is 2.27. The maximum absolute atomic E-state index is 11.7. The van der Waals surface area contributed by atoms with Crippen molar-refractivity contribution in [1.82, 2.24) is 9.88 Å². The molecular formula is C15H20N2O3. The number of hydrogen-bond donors (Lipinski definition) is 2. The van der Waals surface area contributed by atoms with E-state index in [4.69, 9.17) is 4.42 Å². The van der Waals surface area contributed by atoms with Crippen LogP contribution in [0.2, 0.25) is 0 Å². The van der Waals surface area contributed by atoms with Crippen molar-refractivity contribution in [3.8, 4) is 0 Å². The highest BCUT2D eigenvalue weighted by Crippen LogP contribution is 2.25. The Morgan fingerprint density at radius 2 is 2.35 bits per heavy atom. The predicted octanol–water partition coefficient (Wildman–Crippen LogP) is 1.79. The maximum Gasteiger partial charge on any atom is 0.419 e. The zero-order valence-corrected chi connectivity index (χ0v) is 11.6. The summed E-state index contributed by atoms with van der Waals surface area (Å²) in [5.74, 6) is -0.343. The molecule has 1 aliphatic rings. The number of nitrogens with zero attached hydrogens (tertiary/aromatic N) is 1. The van der Waals surface area contributed by atoms with Crippen molar-refractivity contribution in [3.05, 3.63) is 34.3 Å². The van der Waals surface area contributed by atoms with E-state index < -0.39 is 6.10 Å². The number of aliphatic hydroxyl groups is 1. The van der Waals surface area contributed by atoms with Gasteiger partial charge >= 0.3 is 5.76 Å². The first-order valence-corrected chi connectivity index (χ1v) is 7.25. The molecule has 1 saturated heterocycles. The van der Waals surface area contributed by atoms with Gasteiger partial charge < -0.3 is 14.8 Å². The minimum Gasteiger partial charge on any atom is -0.408 e. The van der Waals surface area contributed by atoms with E-state index in [1.807, 2.05) is 19.1 Å². The summed E-state index contributed by atoms with van der Waals surface area (Å²) in [7, 11) is 0. The summed E-state index contributed by atoms with van der Waals surface area (Å²) in [5.41, 5.74) is 2.13. The van der Waals surface area contributed by atoms with Crippen molar-refractivity contribution in [3.63, 3.8) is 0 Å². The molecule has 0 spiro atoms. The largest absolute Gasteiger partial charge is 0.419 e. The molecule has 0 radical (unpaired) electrons. The monoisotopic (exact) mass is 276 g/mol. The molecule has 2 atom stereocenters. The van der Waals surface area contributed by atoms with Gasteiger partial charge in [-0.05, 0) is 44.0 Å². The molecule has 0 amide bonds. The quantitative estimate of drug-likeness (QED) is 0.897. The maximum atomic E-state index is 11.7. The zero-order chi connectivity index (χ0) is 14.1. The number of piperidine rings is 1. The number of aliphatic hydroxyl groups excluding tert-OH is 1. The number of benzene rings is 1. The van der Waals surface area contributed by atoms with Crippen LogP contribution in [0.4, 0.5) is 0 Å². The summed E-state index contributed by atoms with van der Waals surface area (Å²) in [5, 5.41) is 13.8. The number of nitrogens with one attached hydrogen (secondary N) is 1. The van der Waals surface area contributed by atoms with E-state index in [0.29, 0.717) is 12.1 Å². The minimum atomic E-state index is -0.560. The molecule has 2 aromatic rings. The SMILES string of the molecule is CCn1c(=O)oc2cc(C(O)C3CCCCN3)ccc21. The summed E-state index contributed by atoms with van der Waals surface area (Å²) in [6, 6.07) is 5.60. The lowest BCUT2D eigenvalue weighted by atomic mass is 9.95. The second-order valence-corrected chi connectivity index (χ2v) is 5.34. The lowest BCUT2D eigenvalue weighted by molar-refractivity contribution is 0.114. The molecule has 0 bridgehead atoms. The Morgan fingerprint density at radius 3 is 3.05 bits per heavy atom. The van der Waals surface area contributed by atoms with Crippen molar-refractivity contribution >= 4 is 11.1 Å². The fraction of sp³-hybridized carbons (Fsp3) is 0.533. The second kappa shape index (κ2) is 5.42. The van der Waals surface area contributed by atoms with E-state index in [-0.39, 0.29) is 11.8 Å². The molecule has 5 heteroatoms. The van der Waals surface area contributed by atoms with E-state index >= 15 is 0 Å². The van der Waals surface area contributed by atoms with Gasteiger partial charge in [-0.2, -0.15) is 0 Å². The average molecular weight is 276 g/mol. The number of fused-ring (bicyclic) bond motifs is 1. The van der Waals surface area contributed by atoms with Gasteiger partial charge in [-0.15, -0.1) is 0 Å². The van der Waals surface area contributed by atoms with Crippen molar-refractivity contribution < 1.29 is 9.52 Å². The summed E-state index contributed by atoms with van der Waals surface area (Å²) < 4.78 is 6.83. The Balaban J connectivity index is 1.94. The standard InChI is InChI=1S/C15H20N2O3/c1-2-17-12-7-6-10(9-13(12)20-15(17)19)14(18)11-5-3-4-8-16-11/h6-7,9,11,14,16,18H,2-5,8H2,1H3. The van der Waals surface area contributed by atoms with Crippen LogP contribution in [0.25, 0.3) is 11.1 Å². The molecule has 1 fully saturated rings. The van der Waals surface area contributed by atoms with Gasteiger partial charge in [0.15, 0.2) is 5.58 Å². The van der Waals surface area contributed by atoms with Crippen LogP contribution < -0.4 is 11.1 Å². The fourth-order valence-corrected chi connectivity index (χ4v) is 2.95. The molecule has 1 aromatic carbocycles. The first-order chi connectivity index (χ1) is 9.70. The molecule has 0 saturated carbocycles. The molecular weight excluding hydrogens is 256 g/mol. The van der Waals surface area contributed by atoms with Crippen LogP contribution in [-0.4, -0.2) is 22.3 Å². The highest BCUT2D eigenvalue weighted by Gasteiger charge is 2.23. The third-order valence-corrected chi connectivity index (χ3v) is 4.08.